The van der Waals surface area contributed by atoms with Crippen molar-refractivity contribution in [3.63, 3.8) is 0 Å². The number of nitrogens with zero attached hydrogens (tertiary/aromatic N) is 3. The number of pyridine rings is 1. The van der Waals surface area contributed by atoms with E-state index in [0.29, 0.717) is 18.7 Å². The van der Waals surface area contributed by atoms with Crippen molar-refractivity contribution in [3.8, 4) is 0 Å². The summed E-state index contributed by atoms with van der Waals surface area (Å²) >= 11 is 0. The maximum Gasteiger partial charge on any atom is 0.254 e. The molecule has 0 saturated carbocycles. The van der Waals surface area contributed by atoms with Crippen molar-refractivity contribution in [2.45, 2.75) is 20.3 Å². The van der Waals surface area contributed by atoms with E-state index in [-0.39, 0.29) is 11.7 Å². The quantitative estimate of drug-likeness (QED) is 0.850. The fourth-order valence-corrected chi connectivity index (χ4v) is 3.10. The Balaban J connectivity index is 1.73. The van der Waals surface area contributed by atoms with Crippen LogP contribution in [0.3, 0.4) is 0 Å². The number of aryl methyl sites for hydroxylation is 2. The van der Waals surface area contributed by atoms with E-state index >= 15 is 0 Å². The number of benzene rings is 1. The van der Waals surface area contributed by atoms with Crippen molar-refractivity contribution >= 4 is 11.6 Å². The lowest BCUT2D eigenvalue weighted by molar-refractivity contribution is 0.0766. The van der Waals surface area contributed by atoms with E-state index in [1.54, 1.807) is 6.07 Å². The summed E-state index contributed by atoms with van der Waals surface area (Å²) in [5.74, 6) is -0.451. The van der Waals surface area contributed by atoms with Crippen LogP contribution in [0.4, 0.5) is 10.1 Å². The predicted molar refractivity (Wildman–Crippen MR) is 92.8 cm³/mol. The molecule has 1 aliphatic heterocycles. The van der Waals surface area contributed by atoms with Gasteiger partial charge in [-0.05, 0) is 50.1 Å². The molecule has 1 aliphatic rings. The maximum atomic E-state index is 13.5. The van der Waals surface area contributed by atoms with Crippen LogP contribution in [0.15, 0.2) is 36.5 Å². The largest absolute Gasteiger partial charge is 0.370 e. The minimum Gasteiger partial charge on any atom is -0.370 e. The number of anilines is 1. The summed E-state index contributed by atoms with van der Waals surface area (Å²) in [4.78, 5) is 21.1. The normalized spacial score (nSPS) is 15.3. The van der Waals surface area contributed by atoms with Crippen molar-refractivity contribution in [1.29, 1.82) is 0 Å². The molecule has 3 rings (SSSR count). The first kappa shape index (κ1) is 16.4. The fraction of sp³-hybridized carbons (Fsp3) is 0.368. The molecule has 2 heterocycles. The molecule has 1 amide bonds. The van der Waals surface area contributed by atoms with E-state index in [0.717, 1.165) is 36.5 Å². The van der Waals surface area contributed by atoms with E-state index in [2.05, 4.69) is 16.0 Å². The van der Waals surface area contributed by atoms with Crippen molar-refractivity contribution in [1.82, 2.24) is 9.88 Å². The average Bonchev–Trinajstić information content (AvgIpc) is 2.82. The highest BCUT2D eigenvalue weighted by molar-refractivity contribution is 5.95. The van der Waals surface area contributed by atoms with Crippen LogP contribution in [0.25, 0.3) is 0 Å². The van der Waals surface area contributed by atoms with Gasteiger partial charge in [-0.15, -0.1) is 0 Å². The lowest BCUT2D eigenvalue weighted by atomic mass is 10.1. The number of aromatic nitrogens is 1. The number of hydrogen-bond donors (Lipinski definition) is 0. The van der Waals surface area contributed by atoms with Crippen molar-refractivity contribution in [2.24, 2.45) is 0 Å². The molecule has 0 bridgehead atoms. The van der Waals surface area contributed by atoms with Crippen LogP contribution >= 0.6 is 0 Å². The highest BCUT2D eigenvalue weighted by atomic mass is 19.1. The summed E-state index contributed by atoms with van der Waals surface area (Å²) in [6.45, 7) is 6.81. The van der Waals surface area contributed by atoms with Crippen LogP contribution in [-0.4, -0.2) is 42.0 Å². The summed E-state index contributed by atoms with van der Waals surface area (Å²) in [6.07, 6.45) is 2.70. The third-order valence-electron chi connectivity index (χ3n) is 4.46. The summed E-state index contributed by atoms with van der Waals surface area (Å²) in [6, 6.07) is 8.45. The number of rotatable bonds is 2. The van der Waals surface area contributed by atoms with Gasteiger partial charge in [0.25, 0.3) is 5.91 Å². The van der Waals surface area contributed by atoms with Crippen LogP contribution < -0.4 is 4.90 Å². The van der Waals surface area contributed by atoms with E-state index in [9.17, 15) is 9.18 Å². The molecule has 0 spiro atoms. The minimum atomic E-state index is -0.368. The zero-order valence-corrected chi connectivity index (χ0v) is 14.1. The third kappa shape index (κ3) is 3.55. The number of amides is 1. The second kappa shape index (κ2) is 6.99. The molecular formula is C19H22FN3O. The molecule has 126 valence electrons. The van der Waals surface area contributed by atoms with E-state index in [4.69, 9.17) is 0 Å². The second-order valence-corrected chi connectivity index (χ2v) is 6.25. The Morgan fingerprint density at radius 2 is 1.92 bits per heavy atom. The first-order valence-corrected chi connectivity index (χ1v) is 8.27. The molecule has 4 nitrogen and oxygen atoms in total. The lowest BCUT2D eigenvalue weighted by Crippen LogP contribution is -2.35. The highest BCUT2D eigenvalue weighted by Crippen LogP contribution is 2.19. The molecular weight excluding hydrogens is 305 g/mol. The van der Waals surface area contributed by atoms with Gasteiger partial charge in [0.1, 0.15) is 5.82 Å². The number of halogens is 1. The Labute approximate surface area is 141 Å². The Hall–Kier alpha value is -2.43. The van der Waals surface area contributed by atoms with E-state index in [1.165, 1.54) is 12.1 Å². The minimum absolute atomic E-state index is 0.0836. The number of carbonyl (C=O) groups excluding carboxylic acids is 1. The molecule has 0 N–H and O–H groups in total. The zero-order chi connectivity index (χ0) is 17.1. The molecule has 0 radical (unpaired) electrons. The van der Waals surface area contributed by atoms with Gasteiger partial charge in [-0.3, -0.25) is 9.78 Å². The monoisotopic (exact) mass is 327 g/mol. The van der Waals surface area contributed by atoms with Gasteiger partial charge < -0.3 is 9.80 Å². The molecule has 2 aromatic rings. The predicted octanol–water partition coefficient (Wildman–Crippen LogP) is 3.19. The average molecular weight is 327 g/mol. The molecule has 1 fully saturated rings. The van der Waals surface area contributed by atoms with Crippen LogP contribution in [0.1, 0.15) is 28.0 Å². The first-order chi connectivity index (χ1) is 11.5. The smallest absolute Gasteiger partial charge is 0.254 e. The molecule has 0 unspecified atom stereocenters. The summed E-state index contributed by atoms with van der Waals surface area (Å²) < 4.78 is 13.5. The molecule has 5 heteroatoms. The maximum absolute atomic E-state index is 13.5. The van der Waals surface area contributed by atoms with Gasteiger partial charge in [0, 0.05) is 49.3 Å². The van der Waals surface area contributed by atoms with Gasteiger partial charge in [-0.2, -0.15) is 0 Å². The van der Waals surface area contributed by atoms with Crippen LogP contribution in [0.5, 0.6) is 0 Å². The fourth-order valence-electron chi connectivity index (χ4n) is 3.10. The zero-order valence-electron chi connectivity index (χ0n) is 14.1. The van der Waals surface area contributed by atoms with Crippen LogP contribution in [0, 0.1) is 19.7 Å². The number of carbonyl (C=O) groups is 1. The van der Waals surface area contributed by atoms with Gasteiger partial charge in [-0.1, -0.05) is 6.07 Å². The molecule has 1 saturated heterocycles. The summed E-state index contributed by atoms with van der Waals surface area (Å²) in [7, 11) is 0. The summed E-state index contributed by atoms with van der Waals surface area (Å²) in [5, 5.41) is 0. The van der Waals surface area contributed by atoms with E-state index in [1.807, 2.05) is 31.0 Å². The Bertz CT molecular complexity index is 747. The number of hydrogen-bond acceptors (Lipinski definition) is 3. The van der Waals surface area contributed by atoms with Gasteiger partial charge >= 0.3 is 0 Å². The molecule has 1 aromatic heterocycles. The first-order valence-electron chi connectivity index (χ1n) is 8.27. The SMILES string of the molecule is Cc1cc(N2CCCN(C(=O)c3cc(F)ccc3C)CC2)ccn1. The van der Waals surface area contributed by atoms with Crippen molar-refractivity contribution in [3.05, 3.63) is 59.2 Å². The Kier molecular flexibility index (Phi) is 4.79. The van der Waals surface area contributed by atoms with Crippen LogP contribution in [0.2, 0.25) is 0 Å². The topological polar surface area (TPSA) is 36.4 Å². The van der Waals surface area contributed by atoms with Gasteiger partial charge in [-0.25, -0.2) is 4.39 Å². The third-order valence-corrected chi connectivity index (χ3v) is 4.46. The van der Waals surface area contributed by atoms with Crippen LogP contribution in [-0.2, 0) is 0 Å². The molecule has 1 aromatic carbocycles. The van der Waals surface area contributed by atoms with Crippen molar-refractivity contribution in [2.75, 3.05) is 31.1 Å². The Morgan fingerprint density at radius 1 is 1.08 bits per heavy atom. The second-order valence-electron chi connectivity index (χ2n) is 6.25. The Morgan fingerprint density at radius 3 is 2.71 bits per heavy atom. The van der Waals surface area contributed by atoms with Gasteiger partial charge in [0.2, 0.25) is 0 Å². The van der Waals surface area contributed by atoms with E-state index < -0.39 is 0 Å². The molecule has 0 aliphatic carbocycles. The van der Waals surface area contributed by atoms with Crippen molar-refractivity contribution < 1.29 is 9.18 Å². The molecule has 24 heavy (non-hydrogen) atoms. The summed E-state index contributed by atoms with van der Waals surface area (Å²) in [5.41, 5.74) is 3.40. The van der Waals surface area contributed by atoms with Gasteiger partial charge in [0.05, 0.1) is 0 Å². The lowest BCUT2D eigenvalue weighted by Gasteiger charge is -2.24. The van der Waals surface area contributed by atoms with Gasteiger partial charge in [0.15, 0.2) is 0 Å². The highest BCUT2D eigenvalue weighted by Gasteiger charge is 2.22. The molecule has 0 atom stereocenters. The standard InChI is InChI=1S/C19H22FN3O/c1-14-4-5-16(20)13-18(14)19(24)23-9-3-8-22(10-11-23)17-6-7-21-15(2)12-17/h4-7,12-13H,3,8-11H2,1-2H3.